The van der Waals surface area contributed by atoms with Crippen molar-refractivity contribution in [3.63, 3.8) is 0 Å². The van der Waals surface area contributed by atoms with Crippen LogP contribution in [0.25, 0.3) is 0 Å². The summed E-state index contributed by atoms with van der Waals surface area (Å²) in [5.41, 5.74) is 0.825. The summed E-state index contributed by atoms with van der Waals surface area (Å²) in [5, 5.41) is 24.6. The lowest BCUT2D eigenvalue weighted by Gasteiger charge is -2.34. The molecule has 4 N–H and O–H groups in total. The number of carbonyl (C=O) groups excluding carboxylic acids is 3. The fourth-order valence-corrected chi connectivity index (χ4v) is 3.08. The summed E-state index contributed by atoms with van der Waals surface area (Å²) in [7, 11) is 0. The van der Waals surface area contributed by atoms with E-state index in [0.717, 1.165) is 16.9 Å². The Morgan fingerprint density at radius 2 is 1.66 bits per heavy atom. The third-order valence-corrected chi connectivity index (χ3v) is 4.49. The van der Waals surface area contributed by atoms with Gasteiger partial charge in [-0.25, -0.2) is 4.79 Å². The average molecular weight is 452 g/mol. The molecule has 0 spiro atoms. The van der Waals surface area contributed by atoms with Crippen LogP contribution in [-0.2, 0) is 20.7 Å². The maximum absolute atomic E-state index is 13.3. The van der Waals surface area contributed by atoms with E-state index in [0.29, 0.717) is 5.56 Å². The van der Waals surface area contributed by atoms with Gasteiger partial charge in [0.1, 0.15) is 17.7 Å². The monoisotopic (exact) mass is 451 g/mol. The second-order valence-corrected chi connectivity index (χ2v) is 8.80. The summed E-state index contributed by atoms with van der Waals surface area (Å²) < 4.78 is 5.17. The van der Waals surface area contributed by atoms with Crippen LogP contribution in [0.5, 0.6) is 0 Å². The molecule has 180 valence electrons. The number of carbonyl (C=O) groups is 3. The van der Waals surface area contributed by atoms with Crippen molar-refractivity contribution in [2.45, 2.75) is 71.7 Å². The Kier molecular flexibility index (Phi) is 10.6. The molecule has 2 unspecified atom stereocenters. The zero-order chi connectivity index (χ0) is 24.5. The highest BCUT2D eigenvalue weighted by Crippen LogP contribution is 2.23. The summed E-state index contributed by atoms with van der Waals surface area (Å²) >= 11 is 0. The van der Waals surface area contributed by atoms with Gasteiger partial charge in [0.05, 0.1) is 13.2 Å². The van der Waals surface area contributed by atoms with E-state index in [9.17, 15) is 24.6 Å². The normalized spacial score (nSPS) is 13.3. The first-order valence-electron chi connectivity index (χ1n) is 10.8. The minimum Gasteiger partial charge on any atom is -0.444 e. The molecule has 0 aromatic heterocycles. The molecule has 0 radical (unpaired) electrons. The van der Waals surface area contributed by atoms with E-state index in [1.165, 1.54) is 0 Å². The summed E-state index contributed by atoms with van der Waals surface area (Å²) in [6.07, 6.45) is -0.0567. The fraction of sp³-hybridized carbons (Fsp3) is 0.609. The number of aliphatic hydroxyl groups is 2. The molecule has 0 saturated heterocycles. The van der Waals surface area contributed by atoms with Crippen molar-refractivity contribution in [1.82, 2.24) is 15.5 Å². The maximum Gasteiger partial charge on any atom is 0.408 e. The second-order valence-electron chi connectivity index (χ2n) is 8.80. The van der Waals surface area contributed by atoms with E-state index in [1.54, 1.807) is 46.8 Å². The van der Waals surface area contributed by atoms with E-state index in [1.807, 2.05) is 19.1 Å². The van der Waals surface area contributed by atoms with Crippen LogP contribution in [0.2, 0.25) is 0 Å². The van der Waals surface area contributed by atoms with Gasteiger partial charge in [0.2, 0.25) is 11.8 Å². The Morgan fingerprint density at radius 3 is 2.09 bits per heavy atom. The van der Waals surface area contributed by atoms with Gasteiger partial charge in [-0.05, 0) is 52.2 Å². The van der Waals surface area contributed by atoms with Crippen molar-refractivity contribution in [1.29, 1.82) is 0 Å². The minimum atomic E-state index is -1.35. The maximum atomic E-state index is 13.3. The molecule has 0 fully saturated rings. The molecular formula is C23H37N3O6. The Balaban J connectivity index is 3.30. The summed E-state index contributed by atoms with van der Waals surface area (Å²) in [6, 6.07) is 4.68. The Labute approximate surface area is 190 Å². The van der Waals surface area contributed by atoms with Crippen molar-refractivity contribution >= 4 is 17.9 Å². The molecule has 0 heterocycles. The van der Waals surface area contributed by atoms with Gasteiger partial charge >= 0.3 is 6.09 Å². The lowest BCUT2D eigenvalue weighted by molar-refractivity contribution is -0.144. The van der Waals surface area contributed by atoms with E-state index < -0.39 is 48.8 Å². The molecule has 32 heavy (non-hydrogen) atoms. The predicted molar refractivity (Wildman–Crippen MR) is 121 cm³/mol. The van der Waals surface area contributed by atoms with Gasteiger partial charge < -0.3 is 30.5 Å². The van der Waals surface area contributed by atoms with Gasteiger partial charge in [-0.1, -0.05) is 31.2 Å². The van der Waals surface area contributed by atoms with E-state index in [-0.39, 0.29) is 12.6 Å². The molecule has 0 bridgehead atoms. The first kappa shape index (κ1) is 27.4. The predicted octanol–water partition coefficient (Wildman–Crippen LogP) is 1.52. The van der Waals surface area contributed by atoms with Crippen LogP contribution in [0.1, 0.15) is 58.7 Å². The Bertz CT molecular complexity index is 758. The number of nitrogens with one attached hydrogen (secondary N) is 2. The highest BCUT2D eigenvalue weighted by molar-refractivity contribution is 5.92. The third-order valence-electron chi connectivity index (χ3n) is 4.49. The van der Waals surface area contributed by atoms with E-state index in [4.69, 9.17) is 4.74 Å². The Morgan fingerprint density at radius 1 is 1.06 bits per heavy atom. The number of nitrogens with zero attached hydrogens (tertiary/aromatic N) is 1. The number of amides is 3. The van der Waals surface area contributed by atoms with Crippen LogP contribution >= 0.6 is 0 Å². The molecule has 0 aliphatic rings. The van der Waals surface area contributed by atoms with Crippen LogP contribution in [0.3, 0.4) is 0 Å². The standard InChI is InChI=1S/C23H37N3O6/c1-7-16-8-10-17(11-9-16)19(20(29)24-15(2)3)26(12-13-27)21(30)18(14-28)25-22(31)32-23(4,5)6/h8-11,15,18-19,27-28H,7,12-14H2,1-6H3,(H,24,29)(H,25,31). The molecule has 1 aromatic rings. The number of benzene rings is 1. The van der Waals surface area contributed by atoms with Crippen molar-refractivity contribution in [3.05, 3.63) is 35.4 Å². The lowest BCUT2D eigenvalue weighted by atomic mass is 10.0. The second kappa shape index (κ2) is 12.4. The van der Waals surface area contributed by atoms with E-state index in [2.05, 4.69) is 10.6 Å². The van der Waals surface area contributed by atoms with E-state index >= 15 is 0 Å². The number of aliphatic hydroxyl groups excluding tert-OH is 2. The quantitative estimate of drug-likeness (QED) is 0.427. The van der Waals surface area contributed by atoms with Gasteiger partial charge in [-0.15, -0.1) is 0 Å². The average Bonchev–Trinajstić information content (AvgIpc) is 2.69. The van der Waals surface area contributed by atoms with Crippen LogP contribution in [0, 0.1) is 0 Å². The van der Waals surface area contributed by atoms with Crippen LogP contribution in [-0.4, -0.2) is 70.5 Å². The molecule has 0 aliphatic carbocycles. The molecule has 0 aliphatic heterocycles. The number of rotatable bonds is 10. The van der Waals surface area contributed by atoms with Crippen molar-refractivity contribution < 1.29 is 29.3 Å². The van der Waals surface area contributed by atoms with Gasteiger partial charge in [0.15, 0.2) is 0 Å². The molecule has 9 heteroatoms. The first-order valence-corrected chi connectivity index (χ1v) is 10.8. The molecule has 9 nitrogen and oxygen atoms in total. The summed E-state index contributed by atoms with van der Waals surface area (Å²) in [6.45, 7) is 9.35. The Hall–Kier alpha value is -2.65. The van der Waals surface area contributed by atoms with Gasteiger partial charge in [-0.2, -0.15) is 0 Å². The first-order chi connectivity index (χ1) is 14.9. The highest BCUT2D eigenvalue weighted by Gasteiger charge is 2.36. The number of hydrogen-bond donors (Lipinski definition) is 4. The number of aryl methyl sites for hydroxylation is 1. The molecule has 0 saturated carbocycles. The zero-order valence-corrected chi connectivity index (χ0v) is 19.8. The molecule has 1 aromatic carbocycles. The highest BCUT2D eigenvalue weighted by atomic mass is 16.6. The lowest BCUT2D eigenvalue weighted by Crippen LogP contribution is -2.55. The molecule has 1 rings (SSSR count). The van der Waals surface area contributed by atoms with Crippen LogP contribution < -0.4 is 10.6 Å². The largest absolute Gasteiger partial charge is 0.444 e. The SMILES string of the molecule is CCc1ccc(C(C(=O)NC(C)C)N(CCO)C(=O)C(CO)NC(=O)OC(C)(C)C)cc1. The van der Waals surface area contributed by atoms with Gasteiger partial charge in [0, 0.05) is 12.6 Å². The van der Waals surface area contributed by atoms with Crippen LogP contribution in [0.4, 0.5) is 4.79 Å². The number of hydrogen-bond acceptors (Lipinski definition) is 6. The zero-order valence-electron chi connectivity index (χ0n) is 19.8. The van der Waals surface area contributed by atoms with Crippen molar-refractivity contribution in [2.75, 3.05) is 19.8 Å². The molecule has 2 atom stereocenters. The van der Waals surface area contributed by atoms with Crippen molar-refractivity contribution in [2.24, 2.45) is 0 Å². The smallest absolute Gasteiger partial charge is 0.408 e. The summed E-state index contributed by atoms with van der Waals surface area (Å²) in [4.78, 5) is 39.7. The number of alkyl carbamates (subject to hydrolysis) is 1. The third kappa shape index (κ3) is 8.47. The molecule has 3 amide bonds. The van der Waals surface area contributed by atoms with Gasteiger partial charge in [-0.3, -0.25) is 9.59 Å². The summed E-state index contributed by atoms with van der Waals surface area (Å²) in [5.74, 6) is -1.14. The minimum absolute atomic E-state index is 0.170. The van der Waals surface area contributed by atoms with Crippen LogP contribution in [0.15, 0.2) is 24.3 Å². The molecular weight excluding hydrogens is 414 g/mol. The van der Waals surface area contributed by atoms with Gasteiger partial charge in [0.25, 0.3) is 0 Å². The van der Waals surface area contributed by atoms with Crippen molar-refractivity contribution in [3.8, 4) is 0 Å². The topological polar surface area (TPSA) is 128 Å². The fourth-order valence-electron chi connectivity index (χ4n) is 3.08. The number of ether oxygens (including phenoxy) is 1.